The Hall–Kier alpha value is -0.450. The van der Waals surface area contributed by atoms with Crippen molar-refractivity contribution in [2.24, 2.45) is 11.1 Å². The molecule has 0 amide bonds. The highest BCUT2D eigenvalue weighted by molar-refractivity contribution is 9.10. The van der Waals surface area contributed by atoms with Gasteiger partial charge in [-0.2, -0.15) is 0 Å². The first kappa shape index (κ1) is 13.6. The summed E-state index contributed by atoms with van der Waals surface area (Å²) in [6.45, 7) is 6.95. The Balaban J connectivity index is 2.55. The Bertz CT molecular complexity index is 339. The summed E-state index contributed by atoms with van der Waals surface area (Å²) in [5.74, 6) is 0. The van der Waals surface area contributed by atoms with Crippen LogP contribution in [-0.4, -0.2) is 30.0 Å². The first-order valence-electron chi connectivity index (χ1n) is 5.41. The second kappa shape index (κ2) is 5.75. The van der Waals surface area contributed by atoms with Crippen molar-refractivity contribution in [1.82, 2.24) is 9.88 Å². The molecule has 0 spiro atoms. The molecular formula is C12H20BrN3. The lowest BCUT2D eigenvalue weighted by Gasteiger charge is -2.28. The molecule has 0 aliphatic heterocycles. The molecule has 0 fully saturated rings. The molecule has 1 aromatic heterocycles. The summed E-state index contributed by atoms with van der Waals surface area (Å²) in [5.41, 5.74) is 7.10. The van der Waals surface area contributed by atoms with Crippen LogP contribution in [0.3, 0.4) is 0 Å². The SMILES string of the molecule is CN(Cc1cncc(Br)c1)CC(C)(C)CN. The molecule has 3 nitrogen and oxygen atoms in total. The molecule has 0 unspecified atom stereocenters. The Morgan fingerprint density at radius 1 is 1.44 bits per heavy atom. The van der Waals surface area contributed by atoms with Gasteiger partial charge in [0, 0.05) is 30.0 Å². The Morgan fingerprint density at radius 3 is 2.69 bits per heavy atom. The van der Waals surface area contributed by atoms with Gasteiger partial charge in [-0.15, -0.1) is 0 Å². The van der Waals surface area contributed by atoms with Crippen LogP contribution in [0.5, 0.6) is 0 Å². The number of hydrogen-bond acceptors (Lipinski definition) is 3. The fourth-order valence-electron chi connectivity index (χ4n) is 1.71. The van der Waals surface area contributed by atoms with Crippen LogP contribution in [0.15, 0.2) is 22.9 Å². The van der Waals surface area contributed by atoms with Crippen molar-refractivity contribution in [3.05, 3.63) is 28.5 Å². The minimum absolute atomic E-state index is 0.161. The Morgan fingerprint density at radius 2 is 2.12 bits per heavy atom. The number of pyridine rings is 1. The maximum atomic E-state index is 5.73. The van der Waals surface area contributed by atoms with Gasteiger partial charge in [-0.3, -0.25) is 4.98 Å². The van der Waals surface area contributed by atoms with E-state index in [1.54, 1.807) is 6.20 Å². The van der Waals surface area contributed by atoms with Crippen LogP contribution in [0.4, 0.5) is 0 Å². The molecule has 16 heavy (non-hydrogen) atoms. The number of halogens is 1. The molecule has 0 aliphatic rings. The van der Waals surface area contributed by atoms with E-state index in [0.29, 0.717) is 6.54 Å². The summed E-state index contributed by atoms with van der Waals surface area (Å²) < 4.78 is 1.02. The van der Waals surface area contributed by atoms with E-state index in [1.807, 2.05) is 6.20 Å². The lowest BCUT2D eigenvalue weighted by atomic mass is 9.93. The van der Waals surface area contributed by atoms with Crippen LogP contribution >= 0.6 is 15.9 Å². The second-order valence-electron chi connectivity index (χ2n) is 5.05. The quantitative estimate of drug-likeness (QED) is 0.902. The predicted molar refractivity (Wildman–Crippen MR) is 71.1 cm³/mol. The van der Waals surface area contributed by atoms with Crippen molar-refractivity contribution in [3.63, 3.8) is 0 Å². The minimum atomic E-state index is 0.161. The fraction of sp³-hybridized carbons (Fsp3) is 0.583. The number of nitrogens with two attached hydrogens (primary N) is 1. The summed E-state index contributed by atoms with van der Waals surface area (Å²) in [6.07, 6.45) is 3.70. The molecule has 90 valence electrons. The van der Waals surface area contributed by atoms with E-state index in [4.69, 9.17) is 5.73 Å². The van der Waals surface area contributed by atoms with Gasteiger partial charge in [-0.05, 0) is 46.6 Å². The van der Waals surface area contributed by atoms with Crippen LogP contribution < -0.4 is 5.73 Å². The van der Waals surface area contributed by atoms with Crippen molar-refractivity contribution in [2.45, 2.75) is 20.4 Å². The van der Waals surface area contributed by atoms with Gasteiger partial charge in [0.1, 0.15) is 0 Å². The summed E-state index contributed by atoms with van der Waals surface area (Å²) >= 11 is 3.43. The average Bonchev–Trinajstić information content (AvgIpc) is 2.16. The predicted octanol–water partition coefficient (Wildman–Crippen LogP) is 2.26. The number of rotatable bonds is 5. The van der Waals surface area contributed by atoms with Crippen molar-refractivity contribution in [3.8, 4) is 0 Å². The number of aromatic nitrogens is 1. The van der Waals surface area contributed by atoms with E-state index in [-0.39, 0.29) is 5.41 Å². The fourth-order valence-corrected chi connectivity index (χ4v) is 2.12. The first-order chi connectivity index (χ1) is 7.43. The minimum Gasteiger partial charge on any atom is -0.330 e. The topological polar surface area (TPSA) is 42.2 Å². The molecule has 0 radical (unpaired) electrons. The third kappa shape index (κ3) is 4.60. The van der Waals surface area contributed by atoms with E-state index in [0.717, 1.165) is 17.6 Å². The highest BCUT2D eigenvalue weighted by Gasteiger charge is 2.17. The van der Waals surface area contributed by atoms with Gasteiger partial charge in [0.05, 0.1) is 0 Å². The molecule has 0 atom stereocenters. The van der Waals surface area contributed by atoms with Gasteiger partial charge < -0.3 is 10.6 Å². The smallest absolute Gasteiger partial charge is 0.0410 e. The zero-order valence-electron chi connectivity index (χ0n) is 10.2. The Kier molecular flexibility index (Phi) is 4.89. The molecule has 0 aliphatic carbocycles. The Labute approximate surface area is 106 Å². The second-order valence-corrected chi connectivity index (χ2v) is 5.97. The third-order valence-electron chi connectivity index (χ3n) is 2.46. The normalized spacial score (nSPS) is 12.1. The van der Waals surface area contributed by atoms with Crippen molar-refractivity contribution in [2.75, 3.05) is 20.1 Å². The number of hydrogen-bond donors (Lipinski definition) is 1. The third-order valence-corrected chi connectivity index (χ3v) is 2.90. The molecule has 0 saturated carbocycles. The van der Waals surface area contributed by atoms with E-state index in [9.17, 15) is 0 Å². The molecule has 1 heterocycles. The lowest BCUT2D eigenvalue weighted by Crippen LogP contribution is -2.36. The molecule has 0 saturated heterocycles. The monoisotopic (exact) mass is 285 g/mol. The molecule has 1 aromatic rings. The summed E-state index contributed by atoms with van der Waals surface area (Å²) in [5, 5.41) is 0. The van der Waals surface area contributed by atoms with Gasteiger partial charge in [0.25, 0.3) is 0 Å². The largest absolute Gasteiger partial charge is 0.330 e. The summed E-state index contributed by atoms with van der Waals surface area (Å²) in [4.78, 5) is 6.43. The van der Waals surface area contributed by atoms with Gasteiger partial charge in [-0.1, -0.05) is 13.8 Å². The molecule has 0 bridgehead atoms. The summed E-state index contributed by atoms with van der Waals surface area (Å²) in [6, 6.07) is 2.10. The highest BCUT2D eigenvalue weighted by atomic mass is 79.9. The van der Waals surface area contributed by atoms with E-state index in [2.05, 4.69) is 52.8 Å². The van der Waals surface area contributed by atoms with Gasteiger partial charge in [0.15, 0.2) is 0 Å². The average molecular weight is 286 g/mol. The van der Waals surface area contributed by atoms with Crippen LogP contribution in [0.1, 0.15) is 19.4 Å². The van der Waals surface area contributed by atoms with Crippen molar-refractivity contribution < 1.29 is 0 Å². The van der Waals surface area contributed by atoms with Crippen LogP contribution in [-0.2, 0) is 6.54 Å². The van der Waals surface area contributed by atoms with Crippen LogP contribution in [0, 0.1) is 5.41 Å². The summed E-state index contributed by atoms with van der Waals surface area (Å²) in [7, 11) is 2.11. The van der Waals surface area contributed by atoms with Crippen LogP contribution in [0.25, 0.3) is 0 Å². The zero-order chi connectivity index (χ0) is 12.2. The number of nitrogens with zero attached hydrogens (tertiary/aromatic N) is 2. The molecule has 2 N–H and O–H groups in total. The molecule has 0 aromatic carbocycles. The van der Waals surface area contributed by atoms with Crippen molar-refractivity contribution >= 4 is 15.9 Å². The zero-order valence-corrected chi connectivity index (χ0v) is 11.8. The van der Waals surface area contributed by atoms with Crippen LogP contribution in [0.2, 0.25) is 0 Å². The van der Waals surface area contributed by atoms with E-state index < -0.39 is 0 Å². The first-order valence-corrected chi connectivity index (χ1v) is 6.20. The standard InChI is InChI=1S/C12H20BrN3/c1-12(2,8-14)9-16(3)7-10-4-11(13)6-15-5-10/h4-6H,7-9,14H2,1-3H3. The van der Waals surface area contributed by atoms with Gasteiger partial charge in [-0.25, -0.2) is 0 Å². The van der Waals surface area contributed by atoms with E-state index in [1.165, 1.54) is 5.56 Å². The van der Waals surface area contributed by atoms with Crippen molar-refractivity contribution in [1.29, 1.82) is 0 Å². The van der Waals surface area contributed by atoms with Gasteiger partial charge >= 0.3 is 0 Å². The highest BCUT2D eigenvalue weighted by Crippen LogP contribution is 2.16. The maximum Gasteiger partial charge on any atom is 0.0410 e. The van der Waals surface area contributed by atoms with Gasteiger partial charge in [0.2, 0.25) is 0 Å². The van der Waals surface area contributed by atoms with E-state index >= 15 is 0 Å². The molecule has 1 rings (SSSR count). The lowest BCUT2D eigenvalue weighted by molar-refractivity contribution is 0.209. The molecular weight excluding hydrogens is 266 g/mol. The maximum absolute atomic E-state index is 5.73. The molecule has 4 heteroatoms.